The molecule has 27 heavy (non-hydrogen) atoms. The van der Waals surface area contributed by atoms with E-state index in [1.54, 1.807) is 0 Å². The number of anilines is 1. The van der Waals surface area contributed by atoms with Gasteiger partial charge in [0.15, 0.2) is 6.61 Å². The van der Waals surface area contributed by atoms with Crippen LogP contribution in [0.15, 0.2) is 48.5 Å². The van der Waals surface area contributed by atoms with E-state index in [4.69, 9.17) is 9.47 Å². The molecule has 2 aromatic rings. The summed E-state index contributed by atoms with van der Waals surface area (Å²) in [5.41, 5.74) is 3.38. The summed E-state index contributed by atoms with van der Waals surface area (Å²) in [7, 11) is 0. The topological polar surface area (TPSA) is 50.8 Å². The highest BCUT2D eigenvalue weighted by molar-refractivity contribution is 5.77. The largest absolute Gasteiger partial charge is 0.483 e. The Morgan fingerprint density at radius 1 is 1.11 bits per heavy atom. The molecule has 5 nitrogen and oxygen atoms in total. The van der Waals surface area contributed by atoms with E-state index in [9.17, 15) is 4.79 Å². The fraction of sp³-hybridized carbons (Fsp3) is 0.409. The number of hydrogen-bond acceptors (Lipinski definition) is 4. The maximum absolute atomic E-state index is 12.1. The number of amides is 1. The Kier molecular flexibility index (Phi) is 6.71. The minimum Gasteiger partial charge on any atom is -0.483 e. The second-order valence-corrected chi connectivity index (χ2v) is 7.02. The molecule has 0 radical (unpaired) electrons. The van der Waals surface area contributed by atoms with Gasteiger partial charge < -0.3 is 19.7 Å². The number of carbonyl (C=O) groups is 1. The number of ether oxygens (including phenoxy) is 2. The van der Waals surface area contributed by atoms with Crippen LogP contribution in [0.3, 0.4) is 0 Å². The van der Waals surface area contributed by atoms with Crippen molar-refractivity contribution in [2.45, 2.75) is 26.3 Å². The molecule has 0 atom stereocenters. The fourth-order valence-electron chi connectivity index (χ4n) is 3.13. The van der Waals surface area contributed by atoms with Crippen LogP contribution >= 0.6 is 0 Å². The number of nitrogens with one attached hydrogen (secondary N) is 1. The van der Waals surface area contributed by atoms with Gasteiger partial charge in [0.05, 0.1) is 13.2 Å². The second-order valence-electron chi connectivity index (χ2n) is 7.02. The van der Waals surface area contributed by atoms with Crippen molar-refractivity contribution in [1.29, 1.82) is 0 Å². The average Bonchev–Trinajstić information content (AvgIpc) is 2.72. The van der Waals surface area contributed by atoms with E-state index in [1.807, 2.05) is 24.3 Å². The molecule has 1 N–H and O–H groups in total. The molecule has 144 valence electrons. The van der Waals surface area contributed by atoms with Crippen LogP contribution in [-0.4, -0.2) is 38.8 Å². The van der Waals surface area contributed by atoms with Crippen LogP contribution in [-0.2, 0) is 16.1 Å². The van der Waals surface area contributed by atoms with Gasteiger partial charge >= 0.3 is 0 Å². The minimum atomic E-state index is -0.120. The molecule has 2 aromatic carbocycles. The average molecular weight is 368 g/mol. The van der Waals surface area contributed by atoms with Gasteiger partial charge in [-0.2, -0.15) is 0 Å². The lowest BCUT2D eigenvalue weighted by atomic mass is 10.0. The van der Waals surface area contributed by atoms with E-state index in [-0.39, 0.29) is 12.5 Å². The summed E-state index contributed by atoms with van der Waals surface area (Å²) in [6.45, 7) is 8.14. The third kappa shape index (κ3) is 5.47. The first-order valence-corrected chi connectivity index (χ1v) is 9.53. The Balaban J connectivity index is 1.46. The molecule has 1 fully saturated rings. The standard InChI is InChI=1S/C22H28N2O3/c1-17(2)20-5-3-4-6-21(20)27-16-22(25)23-15-18-7-9-19(10-8-18)24-11-13-26-14-12-24/h3-10,17H,11-16H2,1-2H3,(H,23,25). The highest BCUT2D eigenvalue weighted by atomic mass is 16.5. The molecule has 0 aliphatic carbocycles. The molecule has 0 bridgehead atoms. The first-order chi connectivity index (χ1) is 13.1. The van der Waals surface area contributed by atoms with Crippen molar-refractivity contribution in [3.8, 4) is 5.75 Å². The zero-order valence-electron chi connectivity index (χ0n) is 16.1. The van der Waals surface area contributed by atoms with Crippen LogP contribution in [0.5, 0.6) is 5.75 Å². The minimum absolute atomic E-state index is 0.0234. The molecule has 1 saturated heterocycles. The molecule has 0 saturated carbocycles. The van der Waals surface area contributed by atoms with Crippen LogP contribution < -0.4 is 15.0 Å². The summed E-state index contributed by atoms with van der Waals surface area (Å²) < 4.78 is 11.1. The Bertz CT molecular complexity index is 737. The van der Waals surface area contributed by atoms with Crippen molar-refractivity contribution in [1.82, 2.24) is 5.32 Å². The summed E-state index contributed by atoms with van der Waals surface area (Å²) in [5, 5.41) is 2.92. The van der Waals surface area contributed by atoms with Gasteiger partial charge in [-0.25, -0.2) is 0 Å². The lowest BCUT2D eigenvalue weighted by Crippen LogP contribution is -2.36. The summed E-state index contributed by atoms with van der Waals surface area (Å²) in [5.74, 6) is 1.01. The molecule has 1 aliphatic heterocycles. The Hall–Kier alpha value is -2.53. The number of rotatable bonds is 7. The van der Waals surface area contributed by atoms with Crippen molar-refractivity contribution >= 4 is 11.6 Å². The van der Waals surface area contributed by atoms with Crippen LogP contribution in [0.4, 0.5) is 5.69 Å². The van der Waals surface area contributed by atoms with Gasteiger partial charge in [-0.05, 0) is 35.2 Å². The van der Waals surface area contributed by atoms with Gasteiger partial charge in [0.2, 0.25) is 0 Å². The van der Waals surface area contributed by atoms with Gasteiger partial charge in [-0.15, -0.1) is 0 Å². The Labute approximate surface area is 161 Å². The van der Waals surface area contributed by atoms with Crippen molar-refractivity contribution in [2.75, 3.05) is 37.8 Å². The summed E-state index contributed by atoms with van der Waals surface area (Å²) in [4.78, 5) is 14.4. The van der Waals surface area contributed by atoms with E-state index in [0.717, 1.165) is 43.2 Å². The van der Waals surface area contributed by atoms with Crippen molar-refractivity contribution < 1.29 is 14.3 Å². The Morgan fingerprint density at radius 3 is 2.52 bits per heavy atom. The Morgan fingerprint density at radius 2 is 1.81 bits per heavy atom. The van der Waals surface area contributed by atoms with Gasteiger partial charge in [0.25, 0.3) is 5.91 Å². The number of carbonyl (C=O) groups excluding carboxylic acids is 1. The number of para-hydroxylation sites is 1. The van der Waals surface area contributed by atoms with Crippen LogP contribution in [0, 0.1) is 0 Å². The maximum atomic E-state index is 12.1. The summed E-state index contributed by atoms with van der Waals surface area (Å²) in [6, 6.07) is 16.2. The number of nitrogens with zero attached hydrogens (tertiary/aromatic N) is 1. The van der Waals surface area contributed by atoms with Crippen LogP contribution in [0.1, 0.15) is 30.9 Å². The predicted molar refractivity (Wildman–Crippen MR) is 107 cm³/mol. The smallest absolute Gasteiger partial charge is 0.258 e. The molecule has 5 heteroatoms. The van der Waals surface area contributed by atoms with Crippen molar-refractivity contribution in [3.63, 3.8) is 0 Å². The molecule has 1 heterocycles. The van der Waals surface area contributed by atoms with Crippen molar-refractivity contribution in [2.24, 2.45) is 0 Å². The number of morpholine rings is 1. The second kappa shape index (κ2) is 9.42. The van der Waals surface area contributed by atoms with Crippen molar-refractivity contribution in [3.05, 3.63) is 59.7 Å². The first kappa shape index (κ1) is 19.2. The molecule has 1 amide bonds. The lowest BCUT2D eigenvalue weighted by molar-refractivity contribution is -0.123. The predicted octanol–water partition coefficient (Wildman–Crippen LogP) is 3.34. The zero-order chi connectivity index (χ0) is 19.1. The van der Waals surface area contributed by atoms with E-state index >= 15 is 0 Å². The van der Waals surface area contributed by atoms with Gasteiger partial charge in [-0.3, -0.25) is 4.79 Å². The number of benzene rings is 2. The fourth-order valence-corrected chi connectivity index (χ4v) is 3.13. The van der Waals surface area contributed by atoms with Crippen LogP contribution in [0.2, 0.25) is 0 Å². The lowest BCUT2D eigenvalue weighted by Gasteiger charge is -2.28. The first-order valence-electron chi connectivity index (χ1n) is 9.53. The molecule has 0 aromatic heterocycles. The van der Waals surface area contributed by atoms with E-state index in [0.29, 0.717) is 12.5 Å². The zero-order valence-corrected chi connectivity index (χ0v) is 16.1. The van der Waals surface area contributed by atoms with E-state index in [1.165, 1.54) is 5.69 Å². The monoisotopic (exact) mass is 368 g/mol. The van der Waals surface area contributed by atoms with E-state index < -0.39 is 0 Å². The van der Waals surface area contributed by atoms with Gasteiger partial charge in [0, 0.05) is 25.3 Å². The summed E-state index contributed by atoms with van der Waals surface area (Å²) in [6.07, 6.45) is 0. The quantitative estimate of drug-likeness (QED) is 0.814. The molecule has 0 unspecified atom stereocenters. The highest BCUT2D eigenvalue weighted by Gasteiger charge is 2.11. The third-order valence-electron chi connectivity index (χ3n) is 4.70. The summed E-state index contributed by atoms with van der Waals surface area (Å²) >= 11 is 0. The van der Waals surface area contributed by atoms with Gasteiger partial charge in [-0.1, -0.05) is 44.2 Å². The molecule has 1 aliphatic rings. The number of hydrogen-bond donors (Lipinski definition) is 1. The normalized spacial score (nSPS) is 14.3. The van der Waals surface area contributed by atoms with Crippen LogP contribution in [0.25, 0.3) is 0 Å². The highest BCUT2D eigenvalue weighted by Crippen LogP contribution is 2.25. The molecular formula is C22H28N2O3. The van der Waals surface area contributed by atoms with Gasteiger partial charge in [0.1, 0.15) is 5.75 Å². The third-order valence-corrected chi connectivity index (χ3v) is 4.70. The SMILES string of the molecule is CC(C)c1ccccc1OCC(=O)NCc1ccc(N2CCOCC2)cc1. The molecular weight excluding hydrogens is 340 g/mol. The molecule has 0 spiro atoms. The molecule has 3 rings (SSSR count). The maximum Gasteiger partial charge on any atom is 0.258 e. The van der Waals surface area contributed by atoms with E-state index in [2.05, 4.69) is 48.3 Å².